The van der Waals surface area contributed by atoms with Crippen molar-refractivity contribution in [2.24, 2.45) is 0 Å². The topological polar surface area (TPSA) is 27.7 Å². The van der Waals surface area contributed by atoms with Crippen molar-refractivity contribution in [2.45, 2.75) is 89.1 Å². The summed E-state index contributed by atoms with van der Waals surface area (Å²) in [6.07, 6.45) is -6.04. The molecule has 0 aromatic carbocycles. The largest absolute Gasteiger partial charge is 0.437 e. The second kappa shape index (κ2) is 8.84. The fourth-order valence-electron chi connectivity index (χ4n) is 2.56. The van der Waals surface area contributed by atoms with Crippen LogP contribution in [-0.2, 0) is 13.0 Å². The lowest BCUT2D eigenvalue weighted by atomic mass is 10.1. The van der Waals surface area contributed by atoms with Gasteiger partial charge in [-0.2, -0.15) is 35.1 Å². The quantitative estimate of drug-likeness (QED) is 0.172. The predicted molar refractivity (Wildman–Crippen MR) is 101 cm³/mol. The molecule has 0 fully saturated rings. The zero-order chi connectivity index (χ0) is 23.7. The molecule has 0 N–H and O–H groups in total. The summed E-state index contributed by atoms with van der Waals surface area (Å²) in [7, 11) is -7.08. The molecule has 0 aromatic heterocycles. The Balaban J connectivity index is 5.19. The van der Waals surface area contributed by atoms with Crippen LogP contribution < -0.4 is 0 Å². The van der Waals surface area contributed by atoms with Crippen LogP contribution in [0.1, 0.15) is 13.3 Å². The molecule has 3 nitrogen and oxygen atoms in total. The number of rotatable bonds is 12. The summed E-state index contributed by atoms with van der Waals surface area (Å²) in [6.45, 7) is 11.5. The van der Waals surface area contributed by atoms with Crippen molar-refractivity contribution in [3.8, 4) is 0 Å². The van der Waals surface area contributed by atoms with Gasteiger partial charge >= 0.3 is 32.4 Å². The third-order valence-corrected chi connectivity index (χ3v) is 13.0. The number of alkyl halides is 8. The van der Waals surface area contributed by atoms with Crippen molar-refractivity contribution in [1.29, 1.82) is 0 Å². The van der Waals surface area contributed by atoms with Crippen LogP contribution in [0.4, 0.5) is 35.1 Å². The fraction of sp³-hybridized carbons (Fsp3) is 1.00. The Kier molecular flexibility index (Phi) is 8.83. The fourth-order valence-corrected chi connectivity index (χ4v) is 15.1. The third-order valence-electron chi connectivity index (χ3n) is 3.41. The van der Waals surface area contributed by atoms with Crippen molar-refractivity contribution >= 4 is 25.2 Å². The van der Waals surface area contributed by atoms with Gasteiger partial charge in [0.1, 0.15) is 0 Å². The Morgan fingerprint density at radius 1 is 0.655 bits per heavy atom. The van der Waals surface area contributed by atoms with Crippen LogP contribution in [0.25, 0.3) is 0 Å². The van der Waals surface area contributed by atoms with Crippen LogP contribution in [0.3, 0.4) is 0 Å². The predicted octanol–water partition coefficient (Wildman–Crippen LogP) is 6.69. The highest BCUT2D eigenvalue weighted by Crippen LogP contribution is 2.52. The first-order valence-corrected chi connectivity index (χ1v) is 18.3. The van der Waals surface area contributed by atoms with Crippen molar-refractivity contribution in [1.82, 2.24) is 0 Å². The normalized spacial score (nSPS) is 15.7. The van der Waals surface area contributed by atoms with Gasteiger partial charge in [0.25, 0.3) is 0 Å². The lowest BCUT2D eigenvalue weighted by molar-refractivity contribution is -0.425. The van der Waals surface area contributed by atoms with Crippen LogP contribution in [0.5, 0.6) is 0 Å². The lowest BCUT2D eigenvalue weighted by Crippen LogP contribution is -2.62. The maximum Gasteiger partial charge on any atom is 0.426 e. The maximum atomic E-state index is 13.6. The van der Waals surface area contributed by atoms with Gasteiger partial charge in [0, 0.05) is 6.92 Å². The molecule has 0 atom stereocenters. The molecule has 0 rings (SSSR count). The molecule has 0 saturated heterocycles. The molecule has 0 aromatic rings. The highest BCUT2D eigenvalue weighted by atomic mass is 28.5. The molecule has 14 heteroatoms. The second-order valence-electron chi connectivity index (χ2n) is 9.07. The van der Waals surface area contributed by atoms with Crippen molar-refractivity contribution in [3.63, 3.8) is 0 Å². The van der Waals surface area contributed by atoms with Crippen LogP contribution >= 0.6 is 0 Å². The van der Waals surface area contributed by atoms with E-state index in [2.05, 4.69) is 4.74 Å². The second-order valence-corrected chi connectivity index (χ2v) is 21.9. The molecular formula is C15H30F8O3Si3. The molecule has 0 aliphatic rings. The van der Waals surface area contributed by atoms with Gasteiger partial charge in [-0.3, -0.25) is 0 Å². The van der Waals surface area contributed by atoms with Crippen molar-refractivity contribution in [3.05, 3.63) is 0 Å². The minimum Gasteiger partial charge on any atom is -0.437 e. The first-order valence-electron chi connectivity index (χ1n) is 8.92. The van der Waals surface area contributed by atoms with Gasteiger partial charge in [-0.1, -0.05) is 0 Å². The number of halogens is 8. The Hall–Kier alpha value is -0.0294. The highest BCUT2D eigenvalue weighted by molar-refractivity contribution is 6.87. The van der Waals surface area contributed by atoms with E-state index in [-0.39, 0.29) is 12.5 Å². The zero-order valence-electron chi connectivity index (χ0n) is 17.9. The van der Waals surface area contributed by atoms with Crippen molar-refractivity contribution < 1.29 is 48.1 Å². The molecule has 0 radical (unpaired) electrons. The SMILES string of the molecule is CC(F)(F)C(F)(F)C(F)(F)C(F)(F)OCCC[Si](C)(O[Si](C)(C)C)O[Si](C)(C)C. The summed E-state index contributed by atoms with van der Waals surface area (Å²) in [5.74, 6) is -18.1. The highest BCUT2D eigenvalue weighted by Gasteiger charge is 2.80. The van der Waals surface area contributed by atoms with Gasteiger partial charge in [0.05, 0.1) is 6.61 Å². The standard InChI is InChI=1S/C15H30F8O3Si3/c1-12(16,17)13(18,19)14(20,21)15(22,23)24-10-9-11-29(8,25-27(2,3)4)26-28(5,6)7/h9-11H2,1-8H3. The number of hydrogen-bond acceptors (Lipinski definition) is 3. The average Bonchev–Trinajstić information content (AvgIpc) is 2.37. The first kappa shape index (κ1) is 29.0. The van der Waals surface area contributed by atoms with E-state index in [9.17, 15) is 35.1 Å². The number of hydrogen-bond donors (Lipinski definition) is 0. The van der Waals surface area contributed by atoms with Gasteiger partial charge in [-0.25, -0.2) is 0 Å². The van der Waals surface area contributed by atoms with E-state index >= 15 is 0 Å². The van der Waals surface area contributed by atoms with Crippen LogP contribution in [0.15, 0.2) is 0 Å². The van der Waals surface area contributed by atoms with E-state index in [0.29, 0.717) is 0 Å². The maximum absolute atomic E-state index is 13.6. The van der Waals surface area contributed by atoms with Gasteiger partial charge < -0.3 is 13.0 Å². The Morgan fingerprint density at radius 2 is 1.03 bits per heavy atom. The van der Waals surface area contributed by atoms with E-state index < -0.39 is 62.6 Å². The van der Waals surface area contributed by atoms with Crippen LogP contribution in [-0.4, -0.2) is 55.7 Å². The van der Waals surface area contributed by atoms with E-state index in [0.717, 1.165) is 0 Å². The molecule has 0 aliphatic carbocycles. The minimum absolute atomic E-state index is 0.0868. The Labute approximate surface area is 169 Å². The lowest BCUT2D eigenvalue weighted by Gasteiger charge is -2.38. The summed E-state index contributed by atoms with van der Waals surface area (Å²) < 4.78 is 122. The molecule has 0 saturated carbocycles. The Morgan fingerprint density at radius 3 is 1.34 bits per heavy atom. The summed E-state index contributed by atoms with van der Waals surface area (Å²) >= 11 is 0. The van der Waals surface area contributed by atoms with E-state index in [1.165, 1.54) is 0 Å². The molecule has 0 aliphatic heterocycles. The summed E-state index contributed by atoms with van der Waals surface area (Å²) in [6, 6.07) is 0.0868. The summed E-state index contributed by atoms with van der Waals surface area (Å²) in [5, 5.41) is 0. The first-order chi connectivity index (χ1) is 12.4. The molecule has 0 bridgehead atoms. The molecular weight excluding hydrogens is 464 g/mol. The third kappa shape index (κ3) is 8.20. The van der Waals surface area contributed by atoms with E-state index in [1.54, 1.807) is 6.55 Å². The van der Waals surface area contributed by atoms with Gasteiger partial charge in [0.15, 0.2) is 16.6 Å². The summed E-state index contributed by atoms with van der Waals surface area (Å²) in [5.41, 5.74) is 0. The van der Waals surface area contributed by atoms with E-state index in [4.69, 9.17) is 8.23 Å². The summed E-state index contributed by atoms with van der Waals surface area (Å²) in [4.78, 5) is 0. The monoisotopic (exact) mass is 494 g/mol. The molecule has 0 spiro atoms. The zero-order valence-corrected chi connectivity index (χ0v) is 20.9. The number of ether oxygens (including phenoxy) is 1. The Bertz CT molecular complexity index is 526. The minimum atomic E-state index is -6.40. The van der Waals surface area contributed by atoms with Crippen LogP contribution in [0, 0.1) is 0 Å². The molecule has 176 valence electrons. The van der Waals surface area contributed by atoms with Crippen molar-refractivity contribution in [2.75, 3.05) is 6.61 Å². The molecule has 0 unspecified atom stereocenters. The van der Waals surface area contributed by atoms with E-state index in [1.807, 2.05) is 39.3 Å². The molecule has 0 amide bonds. The smallest absolute Gasteiger partial charge is 0.426 e. The van der Waals surface area contributed by atoms with Gasteiger partial charge in [0.2, 0.25) is 0 Å². The molecule has 0 heterocycles. The average molecular weight is 495 g/mol. The van der Waals surface area contributed by atoms with Gasteiger partial charge in [-0.15, -0.1) is 0 Å². The van der Waals surface area contributed by atoms with Crippen LogP contribution in [0.2, 0.25) is 51.9 Å². The van der Waals surface area contributed by atoms with Gasteiger partial charge in [-0.05, 0) is 58.3 Å². The molecule has 29 heavy (non-hydrogen) atoms.